The van der Waals surface area contributed by atoms with Gasteiger partial charge in [-0.05, 0) is 56.1 Å². The van der Waals surface area contributed by atoms with Gasteiger partial charge in [-0.3, -0.25) is 9.69 Å². The molecule has 1 amide bonds. The number of ether oxygens (including phenoxy) is 1. The van der Waals surface area contributed by atoms with E-state index in [0.717, 1.165) is 30.7 Å². The van der Waals surface area contributed by atoms with E-state index in [-0.39, 0.29) is 37.1 Å². The van der Waals surface area contributed by atoms with Crippen LogP contribution in [0.1, 0.15) is 37.8 Å². The van der Waals surface area contributed by atoms with Crippen molar-refractivity contribution in [2.75, 3.05) is 31.1 Å². The van der Waals surface area contributed by atoms with Crippen LogP contribution in [0.25, 0.3) is 0 Å². The molecule has 3 rings (SSSR count). The highest BCUT2D eigenvalue weighted by atomic mass is 19.1. The molecule has 29 heavy (non-hydrogen) atoms. The lowest BCUT2D eigenvalue weighted by Gasteiger charge is -2.28. The summed E-state index contributed by atoms with van der Waals surface area (Å²) < 4.78 is 19.8. The molecule has 1 saturated heterocycles. The van der Waals surface area contributed by atoms with E-state index >= 15 is 0 Å². The number of likely N-dealkylation sites (tertiary alicyclic amines) is 1. The zero-order chi connectivity index (χ0) is 20.6. The minimum atomic E-state index is -0.455. The van der Waals surface area contributed by atoms with Crippen LogP contribution in [0, 0.1) is 17.1 Å². The second-order valence-electron chi connectivity index (χ2n) is 7.04. The number of hydrogen-bond donors (Lipinski definition) is 0. The summed E-state index contributed by atoms with van der Waals surface area (Å²) >= 11 is 0. The van der Waals surface area contributed by atoms with Gasteiger partial charge in [0.05, 0.1) is 31.3 Å². The number of nitriles is 1. The molecule has 5 nitrogen and oxygen atoms in total. The summed E-state index contributed by atoms with van der Waals surface area (Å²) in [6.45, 7) is 3.76. The Kier molecular flexibility index (Phi) is 7.20. The molecular formula is C23H26FN3O2. The van der Waals surface area contributed by atoms with Gasteiger partial charge in [-0.15, -0.1) is 0 Å². The molecule has 2 aromatic carbocycles. The van der Waals surface area contributed by atoms with Crippen molar-refractivity contribution in [3.8, 4) is 11.8 Å². The van der Waals surface area contributed by atoms with Crippen molar-refractivity contribution in [2.45, 2.75) is 32.2 Å². The highest BCUT2D eigenvalue weighted by Crippen LogP contribution is 2.33. The lowest BCUT2D eigenvalue weighted by Crippen LogP contribution is -2.41. The van der Waals surface area contributed by atoms with Gasteiger partial charge in [0.2, 0.25) is 5.91 Å². The van der Waals surface area contributed by atoms with Gasteiger partial charge >= 0.3 is 0 Å². The van der Waals surface area contributed by atoms with Crippen molar-refractivity contribution >= 4 is 11.6 Å². The van der Waals surface area contributed by atoms with E-state index in [1.807, 2.05) is 37.3 Å². The maximum absolute atomic E-state index is 14.3. The summed E-state index contributed by atoms with van der Waals surface area (Å²) in [6, 6.07) is 16.4. The van der Waals surface area contributed by atoms with Gasteiger partial charge in [0.15, 0.2) is 0 Å². The largest absolute Gasteiger partial charge is 0.494 e. The second kappa shape index (κ2) is 10.0. The van der Waals surface area contributed by atoms with Crippen LogP contribution < -0.4 is 9.64 Å². The maximum atomic E-state index is 14.3. The Morgan fingerprint density at radius 2 is 2.03 bits per heavy atom. The summed E-state index contributed by atoms with van der Waals surface area (Å²) in [4.78, 5) is 16.6. The third-order valence-corrected chi connectivity index (χ3v) is 5.17. The first-order valence-electron chi connectivity index (χ1n) is 10.0. The molecule has 1 atom stereocenters. The van der Waals surface area contributed by atoms with Gasteiger partial charge in [0, 0.05) is 12.6 Å². The maximum Gasteiger partial charge on any atom is 0.241 e. The third kappa shape index (κ3) is 5.12. The van der Waals surface area contributed by atoms with Crippen molar-refractivity contribution in [1.82, 2.24) is 4.90 Å². The molecule has 0 bridgehead atoms. The van der Waals surface area contributed by atoms with Crippen LogP contribution >= 0.6 is 0 Å². The van der Waals surface area contributed by atoms with Crippen molar-refractivity contribution in [3.63, 3.8) is 0 Å². The third-order valence-electron chi connectivity index (χ3n) is 5.17. The lowest BCUT2D eigenvalue weighted by atomic mass is 10.0. The molecule has 6 heteroatoms. The molecule has 1 aliphatic rings. The predicted molar refractivity (Wildman–Crippen MR) is 110 cm³/mol. The Morgan fingerprint density at radius 1 is 1.28 bits per heavy atom. The SMILES string of the molecule is CCOc1ccc([C@H]2CCCN2CC(=O)N(CCC#N)c2ccccc2F)cc1. The number of carbonyl (C=O) groups is 1. The summed E-state index contributed by atoms with van der Waals surface area (Å²) in [5, 5.41) is 8.95. The second-order valence-corrected chi connectivity index (χ2v) is 7.04. The lowest BCUT2D eigenvalue weighted by molar-refractivity contribution is -0.120. The van der Waals surface area contributed by atoms with Crippen LogP contribution in [0.4, 0.5) is 10.1 Å². The predicted octanol–water partition coefficient (Wildman–Crippen LogP) is 4.31. The van der Waals surface area contributed by atoms with Gasteiger partial charge < -0.3 is 9.64 Å². The molecule has 0 aromatic heterocycles. The summed E-state index contributed by atoms with van der Waals surface area (Å²) in [5.74, 6) is 0.186. The van der Waals surface area contributed by atoms with Crippen LogP contribution in [0.5, 0.6) is 5.75 Å². The van der Waals surface area contributed by atoms with E-state index in [1.54, 1.807) is 18.2 Å². The zero-order valence-electron chi connectivity index (χ0n) is 16.7. The molecule has 1 fully saturated rings. The van der Waals surface area contributed by atoms with Crippen molar-refractivity contribution < 1.29 is 13.9 Å². The van der Waals surface area contributed by atoms with Gasteiger partial charge in [-0.2, -0.15) is 5.26 Å². The van der Waals surface area contributed by atoms with Crippen LogP contribution in [0.15, 0.2) is 48.5 Å². The summed E-state index contributed by atoms with van der Waals surface area (Å²) in [7, 11) is 0. The molecule has 0 unspecified atom stereocenters. The van der Waals surface area contributed by atoms with E-state index in [0.29, 0.717) is 6.61 Å². The molecule has 0 spiro atoms. The molecule has 152 valence electrons. The Balaban J connectivity index is 1.74. The van der Waals surface area contributed by atoms with Gasteiger partial charge in [0.25, 0.3) is 0 Å². The fourth-order valence-corrected chi connectivity index (χ4v) is 3.82. The average Bonchev–Trinajstić information content (AvgIpc) is 3.18. The molecule has 2 aromatic rings. The highest BCUT2D eigenvalue weighted by molar-refractivity contribution is 5.95. The number of anilines is 1. The van der Waals surface area contributed by atoms with Gasteiger partial charge in [-0.1, -0.05) is 24.3 Å². The fourth-order valence-electron chi connectivity index (χ4n) is 3.82. The quantitative estimate of drug-likeness (QED) is 0.668. The number of carbonyl (C=O) groups excluding carboxylic acids is 1. The van der Waals surface area contributed by atoms with E-state index in [4.69, 9.17) is 10.00 Å². The molecule has 0 aliphatic carbocycles. The van der Waals surface area contributed by atoms with Crippen molar-refractivity contribution in [3.05, 3.63) is 59.9 Å². The van der Waals surface area contributed by atoms with Crippen molar-refractivity contribution in [1.29, 1.82) is 5.26 Å². The average molecular weight is 395 g/mol. The minimum absolute atomic E-state index is 0.146. The van der Waals surface area contributed by atoms with Crippen LogP contribution in [-0.4, -0.2) is 37.0 Å². The first kappa shape index (κ1) is 20.8. The smallest absolute Gasteiger partial charge is 0.241 e. The summed E-state index contributed by atoms with van der Waals surface area (Å²) in [5.41, 5.74) is 1.37. The highest BCUT2D eigenvalue weighted by Gasteiger charge is 2.30. The Hall–Kier alpha value is -2.91. The van der Waals surface area contributed by atoms with Gasteiger partial charge in [0.1, 0.15) is 11.6 Å². The molecule has 0 N–H and O–H groups in total. The first-order valence-corrected chi connectivity index (χ1v) is 10.0. The van der Waals surface area contributed by atoms with E-state index < -0.39 is 5.82 Å². The Bertz CT molecular complexity index is 863. The molecule has 0 saturated carbocycles. The van der Waals surface area contributed by atoms with Crippen LogP contribution in [-0.2, 0) is 4.79 Å². The van der Waals surface area contributed by atoms with Crippen LogP contribution in [0.3, 0.4) is 0 Å². The summed E-state index contributed by atoms with van der Waals surface area (Å²) in [6.07, 6.45) is 2.13. The molecule has 1 aliphatic heterocycles. The molecular weight excluding hydrogens is 369 g/mol. The normalized spacial score (nSPS) is 16.4. The zero-order valence-corrected chi connectivity index (χ0v) is 16.7. The van der Waals surface area contributed by atoms with Crippen LogP contribution in [0.2, 0.25) is 0 Å². The number of para-hydroxylation sites is 1. The Morgan fingerprint density at radius 3 is 2.72 bits per heavy atom. The standard InChI is InChI=1S/C23H26FN3O2/c1-2-29-19-12-10-18(11-13-19)21-9-5-15-26(21)17-23(28)27(16-6-14-25)22-8-4-3-7-20(22)24/h3-4,7-8,10-13,21H,2,5-6,9,15-17H2,1H3/t21-/m1/s1. The minimum Gasteiger partial charge on any atom is -0.494 e. The van der Waals surface area contributed by atoms with E-state index in [1.165, 1.54) is 11.0 Å². The van der Waals surface area contributed by atoms with E-state index in [9.17, 15) is 9.18 Å². The molecule has 1 heterocycles. The monoisotopic (exact) mass is 395 g/mol. The number of amides is 1. The number of benzene rings is 2. The number of hydrogen-bond acceptors (Lipinski definition) is 4. The molecule has 0 radical (unpaired) electrons. The number of rotatable bonds is 8. The number of halogens is 1. The number of nitrogens with zero attached hydrogens (tertiary/aromatic N) is 3. The topological polar surface area (TPSA) is 56.6 Å². The Labute approximate surface area is 171 Å². The fraction of sp³-hybridized carbons (Fsp3) is 0.391. The van der Waals surface area contributed by atoms with Gasteiger partial charge in [-0.25, -0.2) is 4.39 Å². The van der Waals surface area contributed by atoms with E-state index in [2.05, 4.69) is 4.90 Å². The van der Waals surface area contributed by atoms with Crippen molar-refractivity contribution in [2.24, 2.45) is 0 Å². The first-order chi connectivity index (χ1) is 14.1.